The van der Waals surface area contributed by atoms with Crippen LogP contribution in [0.25, 0.3) is 0 Å². The Morgan fingerprint density at radius 1 is 1.36 bits per heavy atom. The van der Waals surface area contributed by atoms with Gasteiger partial charge in [-0.3, -0.25) is 9.90 Å². The third-order valence-electron chi connectivity index (χ3n) is 2.46. The molecule has 3 heteroatoms. The van der Waals surface area contributed by atoms with E-state index in [0.29, 0.717) is 0 Å². The Balaban J connectivity index is 2.24. The fourth-order valence-corrected chi connectivity index (χ4v) is 1.66. The Kier molecular flexibility index (Phi) is 2.59. The third kappa shape index (κ3) is 1.82. The summed E-state index contributed by atoms with van der Waals surface area (Å²) < 4.78 is 0. The fraction of sp³-hybridized carbons (Fsp3) is 0.455. The van der Waals surface area contributed by atoms with Crippen LogP contribution in [0.2, 0.25) is 0 Å². The molecule has 1 fully saturated rings. The number of aryl methyl sites for hydroxylation is 1. The molecule has 3 nitrogen and oxygen atoms in total. The minimum Gasteiger partial charge on any atom is -0.397 e. The molecule has 0 atom stereocenters. The fourth-order valence-electron chi connectivity index (χ4n) is 1.66. The zero-order chi connectivity index (χ0) is 9.97. The predicted molar refractivity (Wildman–Crippen MR) is 58.1 cm³/mol. The van der Waals surface area contributed by atoms with Crippen LogP contribution in [-0.4, -0.2) is 13.2 Å². The highest BCUT2D eigenvalue weighted by Gasteiger charge is 2.14. The first-order valence-electron chi connectivity index (χ1n) is 5.04. The van der Waals surface area contributed by atoms with E-state index in [4.69, 9.17) is 10.6 Å². The SMILES string of the molecule is Cc1ccc(N)c(N2CCCCO2)c1. The van der Waals surface area contributed by atoms with Crippen LogP contribution in [0.15, 0.2) is 18.2 Å². The quantitative estimate of drug-likeness (QED) is 0.692. The van der Waals surface area contributed by atoms with Crippen molar-refractivity contribution in [2.75, 3.05) is 23.9 Å². The largest absolute Gasteiger partial charge is 0.397 e. The minimum absolute atomic E-state index is 0.789. The van der Waals surface area contributed by atoms with Gasteiger partial charge in [-0.15, -0.1) is 0 Å². The van der Waals surface area contributed by atoms with Gasteiger partial charge in [-0.2, -0.15) is 0 Å². The lowest BCUT2D eigenvalue weighted by Crippen LogP contribution is -2.30. The molecule has 0 amide bonds. The standard InChI is InChI=1S/C11H16N2O/c1-9-4-5-10(12)11(8-9)13-6-2-3-7-14-13/h4-5,8H,2-3,6-7,12H2,1H3. The van der Waals surface area contributed by atoms with Crippen LogP contribution in [-0.2, 0) is 4.84 Å². The highest BCUT2D eigenvalue weighted by molar-refractivity contribution is 5.67. The molecule has 1 heterocycles. The summed E-state index contributed by atoms with van der Waals surface area (Å²) >= 11 is 0. The van der Waals surface area contributed by atoms with Crippen molar-refractivity contribution in [3.05, 3.63) is 23.8 Å². The second kappa shape index (κ2) is 3.88. The minimum atomic E-state index is 0.789. The lowest BCUT2D eigenvalue weighted by Gasteiger charge is -2.29. The molecule has 2 N–H and O–H groups in total. The number of nitrogen functional groups attached to an aromatic ring is 1. The first-order valence-corrected chi connectivity index (χ1v) is 5.04. The van der Waals surface area contributed by atoms with E-state index in [1.165, 1.54) is 12.0 Å². The average Bonchev–Trinajstić information content (AvgIpc) is 2.23. The van der Waals surface area contributed by atoms with Crippen LogP contribution in [0, 0.1) is 6.92 Å². The molecule has 0 aromatic heterocycles. The summed E-state index contributed by atoms with van der Waals surface area (Å²) in [6.07, 6.45) is 2.32. The zero-order valence-corrected chi connectivity index (χ0v) is 8.49. The van der Waals surface area contributed by atoms with E-state index in [9.17, 15) is 0 Å². The molecule has 1 aliphatic rings. The first-order chi connectivity index (χ1) is 6.77. The smallest absolute Gasteiger partial charge is 0.0868 e. The molecule has 1 saturated heterocycles. The van der Waals surface area contributed by atoms with Gasteiger partial charge < -0.3 is 5.73 Å². The molecule has 0 spiro atoms. The first kappa shape index (κ1) is 9.34. The maximum absolute atomic E-state index is 5.90. The van der Waals surface area contributed by atoms with Gasteiger partial charge in [-0.1, -0.05) is 6.07 Å². The Morgan fingerprint density at radius 3 is 2.93 bits per heavy atom. The van der Waals surface area contributed by atoms with Crippen molar-refractivity contribution >= 4 is 11.4 Å². The molecule has 76 valence electrons. The zero-order valence-electron chi connectivity index (χ0n) is 8.49. The summed E-state index contributed by atoms with van der Waals surface area (Å²) in [4.78, 5) is 5.55. The van der Waals surface area contributed by atoms with Crippen molar-refractivity contribution in [3.8, 4) is 0 Å². The molecule has 1 aromatic carbocycles. The van der Waals surface area contributed by atoms with Gasteiger partial charge in [0.25, 0.3) is 0 Å². The van der Waals surface area contributed by atoms with Crippen LogP contribution in [0.4, 0.5) is 11.4 Å². The Labute approximate surface area is 84.4 Å². The van der Waals surface area contributed by atoms with Crippen molar-refractivity contribution < 1.29 is 4.84 Å². The van der Waals surface area contributed by atoms with Gasteiger partial charge in [-0.05, 0) is 37.5 Å². The van der Waals surface area contributed by atoms with Gasteiger partial charge in [0, 0.05) is 6.54 Å². The number of hydrogen-bond acceptors (Lipinski definition) is 3. The number of hydroxylamine groups is 1. The van der Waals surface area contributed by atoms with Crippen molar-refractivity contribution in [3.63, 3.8) is 0 Å². The van der Waals surface area contributed by atoms with Gasteiger partial charge in [-0.25, -0.2) is 0 Å². The van der Waals surface area contributed by atoms with Crippen molar-refractivity contribution in [2.24, 2.45) is 0 Å². The maximum Gasteiger partial charge on any atom is 0.0868 e. The lowest BCUT2D eigenvalue weighted by atomic mass is 10.2. The molecular weight excluding hydrogens is 176 g/mol. The molecule has 0 radical (unpaired) electrons. The normalized spacial score (nSPS) is 17.1. The van der Waals surface area contributed by atoms with Gasteiger partial charge in [0.2, 0.25) is 0 Å². The van der Waals surface area contributed by atoms with Gasteiger partial charge in [0.15, 0.2) is 0 Å². The van der Waals surface area contributed by atoms with Crippen LogP contribution in [0.1, 0.15) is 18.4 Å². The number of nitrogens with two attached hydrogens (primary N) is 1. The Hall–Kier alpha value is -1.22. The number of benzene rings is 1. The second-order valence-corrected chi connectivity index (χ2v) is 3.70. The monoisotopic (exact) mass is 192 g/mol. The number of nitrogens with zero attached hydrogens (tertiary/aromatic N) is 1. The van der Waals surface area contributed by atoms with Crippen LogP contribution >= 0.6 is 0 Å². The van der Waals surface area contributed by atoms with Crippen LogP contribution < -0.4 is 10.8 Å². The molecular formula is C11H16N2O. The second-order valence-electron chi connectivity index (χ2n) is 3.70. The molecule has 2 rings (SSSR count). The average molecular weight is 192 g/mol. The molecule has 0 bridgehead atoms. The summed E-state index contributed by atoms with van der Waals surface area (Å²) in [6.45, 7) is 3.80. The molecule has 14 heavy (non-hydrogen) atoms. The third-order valence-corrected chi connectivity index (χ3v) is 2.46. The molecule has 1 aliphatic heterocycles. The van der Waals surface area contributed by atoms with E-state index in [2.05, 4.69) is 13.0 Å². The summed E-state index contributed by atoms with van der Waals surface area (Å²) in [7, 11) is 0. The van der Waals surface area contributed by atoms with Crippen molar-refractivity contribution in [2.45, 2.75) is 19.8 Å². The lowest BCUT2D eigenvalue weighted by molar-refractivity contribution is 0.0781. The van der Waals surface area contributed by atoms with Gasteiger partial charge in [0.1, 0.15) is 0 Å². The highest BCUT2D eigenvalue weighted by Crippen LogP contribution is 2.26. The van der Waals surface area contributed by atoms with Crippen LogP contribution in [0.3, 0.4) is 0 Å². The van der Waals surface area contributed by atoms with E-state index in [-0.39, 0.29) is 0 Å². The molecule has 0 unspecified atom stereocenters. The van der Waals surface area contributed by atoms with Crippen molar-refractivity contribution in [1.29, 1.82) is 0 Å². The number of hydrogen-bond donors (Lipinski definition) is 1. The molecule has 1 aromatic rings. The number of rotatable bonds is 1. The summed E-state index contributed by atoms with van der Waals surface area (Å²) in [6, 6.07) is 6.02. The number of anilines is 2. The Morgan fingerprint density at radius 2 is 2.21 bits per heavy atom. The van der Waals surface area contributed by atoms with E-state index < -0.39 is 0 Å². The van der Waals surface area contributed by atoms with Crippen LogP contribution in [0.5, 0.6) is 0 Å². The predicted octanol–water partition coefficient (Wildman–Crippen LogP) is 2.11. The van der Waals surface area contributed by atoms with E-state index in [1.54, 1.807) is 0 Å². The molecule has 0 saturated carbocycles. The topological polar surface area (TPSA) is 38.5 Å². The van der Waals surface area contributed by atoms with Gasteiger partial charge in [0.05, 0.1) is 18.0 Å². The summed E-state index contributed by atoms with van der Waals surface area (Å²) in [5.74, 6) is 0. The van der Waals surface area contributed by atoms with Gasteiger partial charge >= 0.3 is 0 Å². The van der Waals surface area contributed by atoms with E-state index in [0.717, 1.165) is 30.9 Å². The highest BCUT2D eigenvalue weighted by atomic mass is 16.7. The maximum atomic E-state index is 5.90. The summed E-state index contributed by atoms with van der Waals surface area (Å²) in [5, 5.41) is 1.91. The Bertz CT molecular complexity index is 319. The molecule has 0 aliphatic carbocycles. The van der Waals surface area contributed by atoms with Crippen molar-refractivity contribution in [1.82, 2.24) is 0 Å². The van der Waals surface area contributed by atoms with E-state index in [1.807, 2.05) is 17.2 Å². The summed E-state index contributed by atoms with van der Waals surface area (Å²) in [5.41, 5.74) is 8.90. The van der Waals surface area contributed by atoms with E-state index >= 15 is 0 Å².